The molecule has 2 radical (unpaired) electrons. The third-order valence-electron chi connectivity index (χ3n) is 5.11. The molecule has 0 aliphatic carbocycles. The average molecular weight is 343 g/mol. The smallest absolute Gasteiger partial charge is 0.159 e. The van der Waals surface area contributed by atoms with Crippen molar-refractivity contribution in [3.8, 4) is 11.1 Å². The second kappa shape index (κ2) is 7.48. The maximum Gasteiger partial charge on any atom is 0.159 e. The van der Waals surface area contributed by atoms with Gasteiger partial charge in [-0.25, -0.2) is 8.78 Å². The number of hydrogen-bond acceptors (Lipinski definition) is 3. The van der Waals surface area contributed by atoms with E-state index >= 15 is 0 Å². The number of piperidine rings is 1. The Labute approximate surface area is 148 Å². The third kappa shape index (κ3) is 3.82. The fourth-order valence-electron chi connectivity index (χ4n) is 3.84. The summed E-state index contributed by atoms with van der Waals surface area (Å²) in [6.45, 7) is 5.50. The molecule has 0 saturated carbocycles. The molecule has 2 unspecified atom stereocenters. The van der Waals surface area contributed by atoms with Gasteiger partial charge in [-0.3, -0.25) is 4.98 Å². The van der Waals surface area contributed by atoms with Gasteiger partial charge in [0.25, 0.3) is 0 Å². The summed E-state index contributed by atoms with van der Waals surface area (Å²) in [5, 5.41) is 0. The number of anilines is 1. The first-order valence-corrected chi connectivity index (χ1v) is 8.57. The number of benzene rings is 1. The highest BCUT2D eigenvalue weighted by Gasteiger charge is 2.26. The van der Waals surface area contributed by atoms with Crippen LogP contribution in [0.5, 0.6) is 0 Å². The molecule has 2 fully saturated rings. The van der Waals surface area contributed by atoms with Gasteiger partial charge in [-0.05, 0) is 49.1 Å². The van der Waals surface area contributed by atoms with E-state index in [4.69, 9.17) is 0 Å². The highest BCUT2D eigenvalue weighted by molar-refractivity contribution is 5.67. The Balaban J connectivity index is 0.00000182. The molecule has 2 atom stereocenters. The van der Waals surface area contributed by atoms with Crippen molar-refractivity contribution in [1.29, 1.82) is 0 Å². The van der Waals surface area contributed by atoms with E-state index in [1.54, 1.807) is 12.3 Å². The van der Waals surface area contributed by atoms with Gasteiger partial charge < -0.3 is 9.80 Å². The molecule has 3 nitrogen and oxygen atoms in total. The van der Waals surface area contributed by atoms with Crippen LogP contribution in [0.25, 0.3) is 11.1 Å². The summed E-state index contributed by atoms with van der Waals surface area (Å²) in [4.78, 5) is 9.26. The summed E-state index contributed by atoms with van der Waals surface area (Å²) in [5.41, 5.74) is 2.53. The van der Waals surface area contributed by atoms with Crippen LogP contribution in [0.2, 0.25) is 0 Å². The summed E-state index contributed by atoms with van der Waals surface area (Å²) in [6, 6.07) is 6.03. The Morgan fingerprint density at radius 1 is 0.920 bits per heavy atom. The molecule has 2 aromatic rings. The molecule has 5 heteroatoms. The van der Waals surface area contributed by atoms with E-state index in [0.717, 1.165) is 30.9 Å². The van der Waals surface area contributed by atoms with Gasteiger partial charge in [0.05, 0.1) is 11.9 Å². The molecule has 2 saturated heterocycles. The van der Waals surface area contributed by atoms with Crippen LogP contribution in [0.1, 0.15) is 12.8 Å². The Morgan fingerprint density at radius 3 is 2.64 bits per heavy atom. The van der Waals surface area contributed by atoms with Crippen LogP contribution in [0.3, 0.4) is 0 Å². The number of nitrogens with zero attached hydrogens (tertiary/aromatic N) is 3. The standard InChI is InChI=1S/C19H21F2N3.CH2/c20-18-4-3-15(9-19(18)21)16-8-17(11-22-10-16)24-7-6-23-5-1-2-14(12-23)13-24;/h3-4,8-11,14H,1-2,5-7,12-13H2;1H2. The molecule has 0 spiro atoms. The van der Waals surface area contributed by atoms with Gasteiger partial charge in [0, 0.05) is 37.9 Å². The fourth-order valence-corrected chi connectivity index (χ4v) is 3.84. The minimum atomic E-state index is -0.825. The number of rotatable bonds is 2. The normalized spacial score (nSPS) is 22.9. The van der Waals surface area contributed by atoms with Crippen LogP contribution in [0.15, 0.2) is 36.7 Å². The van der Waals surface area contributed by atoms with Crippen molar-refractivity contribution in [1.82, 2.24) is 9.88 Å². The molecular weight excluding hydrogens is 320 g/mol. The number of pyridine rings is 1. The summed E-state index contributed by atoms with van der Waals surface area (Å²) >= 11 is 0. The summed E-state index contributed by atoms with van der Waals surface area (Å²) in [6.07, 6.45) is 6.14. The lowest BCUT2D eigenvalue weighted by Gasteiger charge is -2.29. The topological polar surface area (TPSA) is 19.4 Å². The number of hydrogen-bond donors (Lipinski definition) is 0. The SMILES string of the molecule is Fc1ccc(-c2cncc(N3CCN4CCCC(C4)C3)c2)cc1F.[CH2]. The lowest BCUT2D eigenvalue weighted by molar-refractivity contribution is 0.201. The van der Waals surface area contributed by atoms with E-state index in [2.05, 4.69) is 14.8 Å². The number of halogens is 2. The quantitative estimate of drug-likeness (QED) is 0.825. The molecule has 2 aliphatic heterocycles. The van der Waals surface area contributed by atoms with Crippen molar-refractivity contribution >= 4 is 5.69 Å². The molecule has 3 heterocycles. The maximum absolute atomic E-state index is 13.5. The molecule has 0 amide bonds. The molecule has 2 aliphatic rings. The average Bonchev–Trinajstić information content (AvgIpc) is 2.75. The van der Waals surface area contributed by atoms with Crippen molar-refractivity contribution in [3.63, 3.8) is 0 Å². The minimum absolute atomic E-state index is 0. The Kier molecular flexibility index (Phi) is 5.33. The highest BCUT2D eigenvalue weighted by atomic mass is 19.2. The summed E-state index contributed by atoms with van der Waals surface area (Å²) in [7, 11) is 0. The van der Waals surface area contributed by atoms with Crippen LogP contribution in [0.4, 0.5) is 14.5 Å². The van der Waals surface area contributed by atoms with E-state index < -0.39 is 11.6 Å². The predicted octanol–water partition coefficient (Wildman–Crippen LogP) is 3.89. The van der Waals surface area contributed by atoms with Gasteiger partial charge in [-0.1, -0.05) is 13.5 Å². The van der Waals surface area contributed by atoms with E-state index in [9.17, 15) is 8.78 Å². The molecule has 4 rings (SSSR count). The first kappa shape index (κ1) is 17.8. The Morgan fingerprint density at radius 2 is 1.80 bits per heavy atom. The third-order valence-corrected chi connectivity index (χ3v) is 5.11. The van der Waals surface area contributed by atoms with Crippen molar-refractivity contribution in [3.05, 3.63) is 55.7 Å². The van der Waals surface area contributed by atoms with Gasteiger partial charge in [0.1, 0.15) is 0 Å². The van der Waals surface area contributed by atoms with Crippen LogP contribution in [0, 0.1) is 25.0 Å². The van der Waals surface area contributed by atoms with Crippen LogP contribution < -0.4 is 4.90 Å². The molecule has 1 aromatic carbocycles. The summed E-state index contributed by atoms with van der Waals surface area (Å²) < 4.78 is 26.7. The molecule has 132 valence electrons. The van der Waals surface area contributed by atoms with Crippen LogP contribution in [-0.4, -0.2) is 42.6 Å². The van der Waals surface area contributed by atoms with Crippen molar-refractivity contribution < 1.29 is 8.78 Å². The predicted molar refractivity (Wildman–Crippen MR) is 96.3 cm³/mol. The Hall–Kier alpha value is -2.01. The van der Waals surface area contributed by atoms with Gasteiger partial charge >= 0.3 is 0 Å². The van der Waals surface area contributed by atoms with Crippen LogP contribution >= 0.6 is 0 Å². The zero-order chi connectivity index (χ0) is 16.5. The van der Waals surface area contributed by atoms with Gasteiger partial charge in [-0.15, -0.1) is 0 Å². The lowest BCUT2D eigenvalue weighted by atomic mass is 9.98. The van der Waals surface area contributed by atoms with Crippen molar-refractivity contribution in [2.75, 3.05) is 37.6 Å². The first-order chi connectivity index (χ1) is 11.7. The van der Waals surface area contributed by atoms with E-state index in [0.29, 0.717) is 11.5 Å². The van der Waals surface area contributed by atoms with E-state index in [-0.39, 0.29) is 7.43 Å². The van der Waals surface area contributed by atoms with Crippen molar-refractivity contribution in [2.45, 2.75) is 12.8 Å². The zero-order valence-electron chi connectivity index (χ0n) is 14.3. The number of fused-ring (bicyclic) bond motifs is 2. The number of aromatic nitrogens is 1. The largest absolute Gasteiger partial charge is 0.369 e. The van der Waals surface area contributed by atoms with Crippen molar-refractivity contribution in [2.24, 2.45) is 5.92 Å². The maximum atomic E-state index is 13.5. The van der Waals surface area contributed by atoms with Gasteiger partial charge in [0.2, 0.25) is 0 Å². The van der Waals surface area contributed by atoms with Gasteiger partial charge in [-0.2, -0.15) is 0 Å². The first-order valence-electron chi connectivity index (χ1n) is 8.57. The molecule has 0 N–H and O–H groups in total. The molecular formula is C20H23F2N3. The van der Waals surface area contributed by atoms with Gasteiger partial charge in [0.15, 0.2) is 11.6 Å². The highest BCUT2D eigenvalue weighted by Crippen LogP contribution is 2.28. The Bertz CT molecular complexity index is 735. The second-order valence-corrected chi connectivity index (χ2v) is 6.82. The summed E-state index contributed by atoms with van der Waals surface area (Å²) in [5.74, 6) is -0.945. The van der Waals surface area contributed by atoms with Crippen LogP contribution in [-0.2, 0) is 0 Å². The van der Waals surface area contributed by atoms with E-state index in [1.807, 2.05) is 12.3 Å². The lowest BCUT2D eigenvalue weighted by Crippen LogP contribution is -2.35. The molecule has 2 bridgehead atoms. The molecule has 25 heavy (non-hydrogen) atoms. The second-order valence-electron chi connectivity index (χ2n) is 6.82. The zero-order valence-corrected chi connectivity index (χ0v) is 14.3. The molecule has 1 aromatic heterocycles. The fraction of sp³-hybridized carbons (Fsp3) is 0.400. The monoisotopic (exact) mass is 343 g/mol. The minimum Gasteiger partial charge on any atom is -0.369 e. The van der Waals surface area contributed by atoms with E-state index in [1.165, 1.54) is 38.1 Å².